The first-order valence-corrected chi connectivity index (χ1v) is 9.80. The molecular weight excluding hydrogens is 366 g/mol. The number of methoxy groups -OCH3 is 2. The van der Waals surface area contributed by atoms with Crippen LogP contribution < -0.4 is 14.8 Å². The summed E-state index contributed by atoms with van der Waals surface area (Å²) < 4.78 is 12.6. The summed E-state index contributed by atoms with van der Waals surface area (Å²) in [6, 6.07) is 15.4. The van der Waals surface area contributed by atoms with Gasteiger partial charge < -0.3 is 14.8 Å². The number of amides is 1. The van der Waals surface area contributed by atoms with Crippen LogP contribution in [0, 0.1) is 0 Å². The van der Waals surface area contributed by atoms with Crippen molar-refractivity contribution in [2.75, 3.05) is 14.2 Å². The van der Waals surface area contributed by atoms with Crippen molar-refractivity contribution in [3.05, 3.63) is 77.1 Å². The van der Waals surface area contributed by atoms with Gasteiger partial charge in [-0.3, -0.25) is 9.48 Å². The third-order valence-corrected chi connectivity index (χ3v) is 5.36. The van der Waals surface area contributed by atoms with Gasteiger partial charge in [-0.05, 0) is 37.0 Å². The summed E-state index contributed by atoms with van der Waals surface area (Å²) in [4.78, 5) is 12.9. The van der Waals surface area contributed by atoms with Gasteiger partial charge in [0.15, 0.2) is 0 Å². The van der Waals surface area contributed by atoms with Crippen molar-refractivity contribution in [3.63, 3.8) is 0 Å². The highest BCUT2D eigenvalue weighted by molar-refractivity contribution is 5.95. The number of hydrogen-bond donors (Lipinski definition) is 1. The quantitative estimate of drug-likeness (QED) is 0.695. The van der Waals surface area contributed by atoms with E-state index in [1.807, 2.05) is 24.4 Å². The van der Waals surface area contributed by atoms with E-state index in [4.69, 9.17) is 9.47 Å². The zero-order valence-electron chi connectivity index (χ0n) is 16.7. The van der Waals surface area contributed by atoms with Crippen LogP contribution >= 0.6 is 0 Å². The Morgan fingerprint density at radius 2 is 1.86 bits per heavy atom. The molecule has 0 aliphatic heterocycles. The van der Waals surface area contributed by atoms with Crippen LogP contribution in [0.1, 0.15) is 46.1 Å². The molecule has 0 radical (unpaired) electrons. The summed E-state index contributed by atoms with van der Waals surface area (Å²) in [6.07, 6.45) is 4.78. The smallest absolute Gasteiger partial charge is 0.252 e. The molecule has 0 saturated carbocycles. The van der Waals surface area contributed by atoms with Crippen molar-refractivity contribution >= 4 is 5.91 Å². The summed E-state index contributed by atoms with van der Waals surface area (Å²) in [6.45, 7) is 0.740. The second-order valence-corrected chi connectivity index (χ2v) is 7.21. The number of fused-ring (bicyclic) bond motifs is 1. The minimum absolute atomic E-state index is 0.0482. The lowest BCUT2D eigenvalue weighted by Gasteiger charge is -2.24. The van der Waals surface area contributed by atoms with E-state index in [2.05, 4.69) is 27.2 Å². The molecule has 1 amide bonds. The van der Waals surface area contributed by atoms with Gasteiger partial charge in [0.05, 0.1) is 33.0 Å². The fraction of sp³-hybridized carbons (Fsp3) is 0.304. The molecule has 0 bridgehead atoms. The van der Waals surface area contributed by atoms with Gasteiger partial charge in [0.25, 0.3) is 5.91 Å². The second kappa shape index (κ2) is 8.39. The summed E-state index contributed by atoms with van der Waals surface area (Å²) in [7, 11) is 3.15. The third kappa shape index (κ3) is 4.11. The molecule has 29 heavy (non-hydrogen) atoms. The Labute approximate surface area is 170 Å². The first-order chi connectivity index (χ1) is 14.2. The summed E-state index contributed by atoms with van der Waals surface area (Å²) >= 11 is 0. The fourth-order valence-corrected chi connectivity index (χ4v) is 3.84. The van der Waals surface area contributed by atoms with Gasteiger partial charge in [-0.25, -0.2) is 0 Å². The highest BCUT2D eigenvalue weighted by atomic mass is 16.5. The Bertz CT molecular complexity index is 976. The van der Waals surface area contributed by atoms with Crippen molar-refractivity contribution in [2.45, 2.75) is 31.8 Å². The Morgan fingerprint density at radius 3 is 2.55 bits per heavy atom. The van der Waals surface area contributed by atoms with E-state index in [1.165, 1.54) is 11.3 Å². The van der Waals surface area contributed by atoms with E-state index in [9.17, 15) is 4.79 Å². The van der Waals surface area contributed by atoms with E-state index in [1.54, 1.807) is 32.4 Å². The van der Waals surface area contributed by atoms with Crippen LogP contribution in [0.4, 0.5) is 0 Å². The molecule has 0 spiro atoms. The first-order valence-electron chi connectivity index (χ1n) is 9.80. The van der Waals surface area contributed by atoms with Crippen molar-refractivity contribution in [2.24, 2.45) is 0 Å². The number of aromatic nitrogens is 2. The maximum atomic E-state index is 12.9. The van der Waals surface area contributed by atoms with Gasteiger partial charge in [-0.15, -0.1) is 0 Å². The Kier molecular flexibility index (Phi) is 5.51. The standard InChI is InChI=1S/C23H25N3O3/c1-28-18-11-17(12-19(13-18)29-2)23(27)25-21-9-6-10-22-20(21)14-24-26(22)15-16-7-4-3-5-8-16/h3-5,7-8,11-14,21H,6,9-10,15H2,1-2H3,(H,25,27). The van der Waals surface area contributed by atoms with Crippen molar-refractivity contribution < 1.29 is 14.3 Å². The predicted octanol–water partition coefficient (Wildman–Crippen LogP) is 3.76. The molecule has 1 N–H and O–H groups in total. The van der Waals surface area contributed by atoms with Crippen LogP contribution in [-0.4, -0.2) is 29.9 Å². The number of rotatable bonds is 6. The van der Waals surface area contributed by atoms with E-state index < -0.39 is 0 Å². The lowest BCUT2D eigenvalue weighted by Crippen LogP contribution is -2.31. The predicted molar refractivity (Wildman–Crippen MR) is 110 cm³/mol. The number of benzene rings is 2. The van der Waals surface area contributed by atoms with Crippen LogP contribution in [0.5, 0.6) is 11.5 Å². The molecule has 1 aliphatic rings. The summed E-state index contributed by atoms with van der Waals surface area (Å²) in [5.41, 5.74) is 4.04. The molecule has 2 aromatic carbocycles. The SMILES string of the molecule is COc1cc(OC)cc(C(=O)NC2CCCc3c2cnn3Cc2ccccc2)c1. The molecule has 150 valence electrons. The molecule has 0 saturated heterocycles. The molecular formula is C23H25N3O3. The highest BCUT2D eigenvalue weighted by Gasteiger charge is 2.26. The van der Waals surface area contributed by atoms with Crippen LogP contribution in [0.3, 0.4) is 0 Å². The Balaban J connectivity index is 1.54. The molecule has 1 aliphatic carbocycles. The van der Waals surface area contributed by atoms with E-state index >= 15 is 0 Å². The fourth-order valence-electron chi connectivity index (χ4n) is 3.84. The van der Waals surface area contributed by atoms with E-state index in [0.29, 0.717) is 17.1 Å². The topological polar surface area (TPSA) is 65.4 Å². The maximum absolute atomic E-state index is 12.9. The molecule has 1 atom stereocenters. The second-order valence-electron chi connectivity index (χ2n) is 7.21. The van der Waals surface area contributed by atoms with Crippen LogP contribution in [-0.2, 0) is 13.0 Å². The van der Waals surface area contributed by atoms with Gasteiger partial charge in [-0.2, -0.15) is 5.10 Å². The molecule has 4 rings (SSSR count). The minimum Gasteiger partial charge on any atom is -0.497 e. The summed E-state index contributed by atoms with van der Waals surface area (Å²) in [5, 5.41) is 7.77. The van der Waals surface area contributed by atoms with Crippen molar-refractivity contribution in [1.82, 2.24) is 15.1 Å². The number of carbonyl (C=O) groups is 1. The van der Waals surface area contributed by atoms with Crippen LogP contribution in [0.2, 0.25) is 0 Å². The Hall–Kier alpha value is -3.28. The number of carbonyl (C=O) groups excluding carboxylic acids is 1. The molecule has 6 heteroatoms. The minimum atomic E-state index is -0.143. The molecule has 0 fully saturated rings. The van der Waals surface area contributed by atoms with Gasteiger partial charge >= 0.3 is 0 Å². The normalized spacial score (nSPS) is 15.4. The van der Waals surface area contributed by atoms with Crippen molar-refractivity contribution in [3.8, 4) is 11.5 Å². The van der Waals surface area contributed by atoms with Gasteiger partial charge in [0.1, 0.15) is 11.5 Å². The van der Waals surface area contributed by atoms with Gasteiger partial charge in [0.2, 0.25) is 0 Å². The zero-order chi connectivity index (χ0) is 20.2. The average Bonchev–Trinajstić information content (AvgIpc) is 3.17. The van der Waals surface area contributed by atoms with Crippen LogP contribution in [0.15, 0.2) is 54.7 Å². The van der Waals surface area contributed by atoms with Gasteiger partial charge in [0, 0.05) is 22.9 Å². The molecule has 3 aromatic rings. The van der Waals surface area contributed by atoms with Gasteiger partial charge in [-0.1, -0.05) is 30.3 Å². The van der Waals surface area contributed by atoms with E-state index in [0.717, 1.165) is 31.4 Å². The molecule has 6 nitrogen and oxygen atoms in total. The van der Waals surface area contributed by atoms with Crippen molar-refractivity contribution in [1.29, 1.82) is 0 Å². The Morgan fingerprint density at radius 1 is 1.14 bits per heavy atom. The third-order valence-electron chi connectivity index (χ3n) is 5.36. The average molecular weight is 391 g/mol. The number of nitrogens with zero attached hydrogens (tertiary/aromatic N) is 2. The highest BCUT2D eigenvalue weighted by Crippen LogP contribution is 2.31. The molecule has 1 unspecified atom stereocenters. The molecule has 1 heterocycles. The first kappa shape index (κ1) is 19.1. The zero-order valence-corrected chi connectivity index (χ0v) is 16.7. The van der Waals surface area contributed by atoms with Crippen LogP contribution in [0.25, 0.3) is 0 Å². The lowest BCUT2D eigenvalue weighted by molar-refractivity contribution is 0.0932. The number of ether oxygens (including phenoxy) is 2. The molecule has 1 aromatic heterocycles. The van der Waals surface area contributed by atoms with E-state index in [-0.39, 0.29) is 11.9 Å². The monoisotopic (exact) mass is 391 g/mol. The number of hydrogen-bond acceptors (Lipinski definition) is 4. The number of nitrogens with one attached hydrogen (secondary N) is 1. The summed E-state index contributed by atoms with van der Waals surface area (Å²) in [5.74, 6) is 1.04. The largest absolute Gasteiger partial charge is 0.497 e. The maximum Gasteiger partial charge on any atom is 0.252 e. The lowest BCUT2D eigenvalue weighted by atomic mass is 9.92.